The van der Waals surface area contributed by atoms with Gasteiger partial charge in [-0.15, -0.1) is 0 Å². The lowest BCUT2D eigenvalue weighted by Crippen LogP contribution is -2.48. The first kappa shape index (κ1) is 37.3. The van der Waals surface area contributed by atoms with Gasteiger partial charge in [-0.25, -0.2) is 14.8 Å². The minimum absolute atomic E-state index is 0.228. The zero-order valence-electron chi connectivity index (χ0n) is 32.9. The van der Waals surface area contributed by atoms with Gasteiger partial charge in [0.25, 0.3) is 0 Å². The quantitative estimate of drug-likeness (QED) is 0.194. The lowest BCUT2D eigenvalue weighted by molar-refractivity contribution is -0.135. The zero-order valence-corrected chi connectivity index (χ0v) is 32.9. The molecule has 4 aliphatic rings. The van der Waals surface area contributed by atoms with Gasteiger partial charge in [-0.3, -0.25) is 34.0 Å². The number of nitrogens with one attached hydrogen (secondary N) is 2. The van der Waals surface area contributed by atoms with Crippen LogP contribution in [0.4, 0.5) is 11.5 Å². The van der Waals surface area contributed by atoms with E-state index < -0.39 is 11.9 Å². The first-order chi connectivity index (χ1) is 27.8. The number of hydrogen-bond acceptors (Lipinski definition) is 11. The van der Waals surface area contributed by atoms with Gasteiger partial charge in [0.15, 0.2) is 0 Å². The molecule has 9 rings (SSSR count). The molecule has 0 radical (unpaired) electrons. The number of hydrogen-bond donors (Lipinski definition) is 2. The molecule has 1 saturated carbocycles. The van der Waals surface area contributed by atoms with Crippen LogP contribution in [-0.2, 0) is 21.4 Å². The highest BCUT2D eigenvalue weighted by molar-refractivity contribution is 6.00. The Bertz CT molecular complexity index is 2310. The Morgan fingerprint density at radius 1 is 0.807 bits per heavy atom. The second-order valence-electron chi connectivity index (χ2n) is 16.1. The van der Waals surface area contributed by atoms with Gasteiger partial charge in [0.05, 0.1) is 41.1 Å². The average molecular weight is 777 g/mol. The molecule has 1 atom stereocenters. The topological polar surface area (TPSA) is 156 Å². The highest BCUT2D eigenvalue weighted by Crippen LogP contribution is 2.33. The summed E-state index contributed by atoms with van der Waals surface area (Å²) in [5.41, 5.74) is 4.89. The van der Waals surface area contributed by atoms with Gasteiger partial charge in [-0.1, -0.05) is 0 Å². The van der Waals surface area contributed by atoms with Crippen molar-refractivity contribution in [2.24, 2.45) is 13.0 Å². The molecule has 300 valence electrons. The van der Waals surface area contributed by atoms with Crippen LogP contribution in [0, 0.1) is 5.92 Å². The monoisotopic (exact) mass is 776 g/mol. The normalized spacial score (nSPS) is 22.7. The predicted molar refractivity (Wildman–Crippen MR) is 218 cm³/mol. The molecule has 15 heteroatoms. The maximum absolute atomic E-state index is 13.2. The number of aromatic amines is 1. The summed E-state index contributed by atoms with van der Waals surface area (Å²) in [5, 5.41) is 11.1. The Hall–Kier alpha value is -5.28. The molecule has 1 unspecified atom stereocenters. The van der Waals surface area contributed by atoms with E-state index in [1.54, 1.807) is 17.9 Å². The Morgan fingerprint density at radius 3 is 2.37 bits per heavy atom. The molecule has 15 nitrogen and oxygen atoms in total. The number of aryl methyl sites for hydroxylation is 1. The van der Waals surface area contributed by atoms with Crippen molar-refractivity contribution in [2.75, 3.05) is 62.2 Å². The minimum Gasteiger partial charge on any atom is -0.494 e. The van der Waals surface area contributed by atoms with E-state index in [0.29, 0.717) is 30.6 Å². The van der Waals surface area contributed by atoms with Crippen LogP contribution in [0.1, 0.15) is 64.3 Å². The number of ether oxygens (including phenoxy) is 2. The first-order valence-electron chi connectivity index (χ1n) is 20.7. The molecule has 2 aromatic carbocycles. The number of imidazole rings is 1. The van der Waals surface area contributed by atoms with E-state index in [1.807, 2.05) is 37.3 Å². The van der Waals surface area contributed by atoms with Crippen LogP contribution >= 0.6 is 0 Å². The highest BCUT2D eigenvalue weighted by atomic mass is 16.5. The molecule has 1 aliphatic carbocycles. The van der Waals surface area contributed by atoms with Crippen molar-refractivity contribution in [3.05, 3.63) is 59.3 Å². The lowest BCUT2D eigenvalue weighted by atomic mass is 9.86. The standard InChI is InChI=1S/C42H52N10O5/c1-3-56-31-9-10-33-32(23-31)40(47-46-33)34-24-38(44-26-43-34)51-20-18-49(19-21-51)25-27-4-7-29(8-5-27)57-30-14-16-50(17-15-30)28-6-11-35-37(22-28)48(2)42(55)52(35)36-12-13-39(53)45-41(36)54/h6,9-11,22-24,26-27,29-30,36H,3-5,7-8,12-21,25H2,1-2H3,(H,46,47)(H,45,53,54). The van der Waals surface area contributed by atoms with Crippen LogP contribution in [-0.4, -0.2) is 111 Å². The molecule has 57 heavy (non-hydrogen) atoms. The number of imide groups is 1. The van der Waals surface area contributed by atoms with Crippen molar-refractivity contribution in [3.63, 3.8) is 0 Å². The molecular formula is C42H52N10O5. The van der Waals surface area contributed by atoms with Gasteiger partial charge in [0.1, 0.15) is 29.6 Å². The van der Waals surface area contributed by atoms with E-state index in [1.165, 1.54) is 17.4 Å². The predicted octanol–water partition coefficient (Wildman–Crippen LogP) is 4.42. The summed E-state index contributed by atoms with van der Waals surface area (Å²) in [6.45, 7) is 9.43. The third-order valence-electron chi connectivity index (χ3n) is 12.5. The third-order valence-corrected chi connectivity index (χ3v) is 12.5. The summed E-state index contributed by atoms with van der Waals surface area (Å²) < 4.78 is 15.6. The maximum atomic E-state index is 13.2. The lowest BCUT2D eigenvalue weighted by Gasteiger charge is -2.39. The summed E-state index contributed by atoms with van der Waals surface area (Å²) >= 11 is 0. The van der Waals surface area contributed by atoms with Gasteiger partial charge in [-0.2, -0.15) is 5.10 Å². The van der Waals surface area contributed by atoms with Gasteiger partial charge in [0, 0.05) is 76.4 Å². The molecule has 3 aromatic heterocycles. The number of carbonyl (C=O) groups is 2. The molecular weight excluding hydrogens is 725 g/mol. The molecule has 2 amide bonds. The van der Waals surface area contributed by atoms with Gasteiger partial charge in [0.2, 0.25) is 11.8 Å². The first-order valence-corrected chi connectivity index (χ1v) is 20.7. The summed E-state index contributed by atoms with van der Waals surface area (Å²) in [4.78, 5) is 54.1. The summed E-state index contributed by atoms with van der Waals surface area (Å²) in [5.74, 6) is 1.76. The van der Waals surface area contributed by atoms with Crippen LogP contribution in [0.15, 0.2) is 53.6 Å². The van der Waals surface area contributed by atoms with E-state index in [2.05, 4.69) is 52.3 Å². The molecule has 6 heterocycles. The Morgan fingerprint density at radius 2 is 1.60 bits per heavy atom. The summed E-state index contributed by atoms with van der Waals surface area (Å²) in [6, 6.07) is 13.4. The fraction of sp³-hybridized carbons (Fsp3) is 0.524. The zero-order chi connectivity index (χ0) is 39.0. The van der Waals surface area contributed by atoms with Crippen LogP contribution in [0.5, 0.6) is 5.75 Å². The second kappa shape index (κ2) is 15.9. The maximum Gasteiger partial charge on any atom is 0.329 e. The Balaban J connectivity index is 0.725. The number of fused-ring (bicyclic) bond motifs is 2. The van der Waals surface area contributed by atoms with Crippen molar-refractivity contribution < 1.29 is 19.1 Å². The van der Waals surface area contributed by atoms with Crippen molar-refractivity contribution >= 4 is 45.3 Å². The average Bonchev–Trinajstić information content (AvgIpc) is 3.76. The van der Waals surface area contributed by atoms with Crippen molar-refractivity contribution in [1.82, 2.24) is 39.5 Å². The van der Waals surface area contributed by atoms with Crippen molar-refractivity contribution in [2.45, 2.75) is 76.5 Å². The number of piperidine rings is 2. The van der Waals surface area contributed by atoms with Crippen LogP contribution in [0.25, 0.3) is 33.3 Å². The van der Waals surface area contributed by atoms with Crippen molar-refractivity contribution in [1.29, 1.82) is 0 Å². The number of benzene rings is 2. The van der Waals surface area contributed by atoms with E-state index >= 15 is 0 Å². The SMILES string of the molecule is CCOc1ccc2[nH]nc(-c3cc(N4CCN(CC5CCC(OC6CCN(c7ccc8c(c7)n(C)c(=O)n8C7CCC(=O)NC7=O)CC6)CC5)CC4)ncn3)c2c1. The molecule has 3 aliphatic heterocycles. The fourth-order valence-electron chi connectivity index (χ4n) is 9.37. The van der Waals surface area contributed by atoms with E-state index in [0.717, 1.165) is 117 Å². The number of carbonyl (C=O) groups excluding carboxylic acids is 2. The van der Waals surface area contributed by atoms with E-state index in [9.17, 15) is 14.4 Å². The highest BCUT2D eigenvalue weighted by Gasteiger charge is 2.32. The number of piperazine rings is 1. The van der Waals surface area contributed by atoms with Crippen molar-refractivity contribution in [3.8, 4) is 17.1 Å². The molecule has 0 bridgehead atoms. The fourth-order valence-corrected chi connectivity index (χ4v) is 9.37. The van der Waals surface area contributed by atoms with Gasteiger partial charge in [-0.05, 0) is 94.2 Å². The number of amides is 2. The van der Waals surface area contributed by atoms with Gasteiger partial charge < -0.3 is 19.3 Å². The second-order valence-corrected chi connectivity index (χ2v) is 16.1. The Labute approximate surface area is 331 Å². The van der Waals surface area contributed by atoms with Crippen LogP contribution in [0.2, 0.25) is 0 Å². The third kappa shape index (κ3) is 7.62. The number of nitrogens with zero attached hydrogens (tertiary/aromatic N) is 8. The smallest absolute Gasteiger partial charge is 0.329 e. The molecule has 3 saturated heterocycles. The number of rotatable bonds is 10. The molecule has 4 fully saturated rings. The van der Waals surface area contributed by atoms with E-state index in [4.69, 9.17) is 9.47 Å². The number of H-pyrrole nitrogens is 1. The largest absolute Gasteiger partial charge is 0.494 e. The Kier molecular flexibility index (Phi) is 10.4. The summed E-state index contributed by atoms with van der Waals surface area (Å²) in [6.07, 6.45) is 9.40. The molecule has 0 spiro atoms. The van der Waals surface area contributed by atoms with Crippen LogP contribution < -0.4 is 25.5 Å². The van der Waals surface area contributed by atoms with Gasteiger partial charge >= 0.3 is 5.69 Å². The molecule has 5 aromatic rings. The van der Waals surface area contributed by atoms with E-state index in [-0.39, 0.29) is 24.1 Å². The minimum atomic E-state index is -0.680. The molecule has 2 N–H and O–H groups in total. The summed E-state index contributed by atoms with van der Waals surface area (Å²) in [7, 11) is 1.74. The number of anilines is 2. The number of aromatic nitrogens is 6. The van der Waals surface area contributed by atoms with Crippen LogP contribution in [0.3, 0.4) is 0 Å².